The Labute approximate surface area is 193 Å². The van der Waals surface area contributed by atoms with Crippen LogP contribution in [0, 0.1) is 17.8 Å². The van der Waals surface area contributed by atoms with Gasteiger partial charge in [0.1, 0.15) is 6.04 Å². The van der Waals surface area contributed by atoms with Gasteiger partial charge in [0.15, 0.2) is 0 Å². The highest BCUT2D eigenvalue weighted by Crippen LogP contribution is 2.60. The van der Waals surface area contributed by atoms with E-state index < -0.39 is 12.0 Å². The number of hydrogen-bond donors (Lipinski definition) is 3. The minimum absolute atomic E-state index is 0.233. The Morgan fingerprint density at radius 1 is 0.970 bits per heavy atom. The number of hydrogen-bond acceptors (Lipinski definition) is 2. The number of benzene rings is 2. The lowest BCUT2D eigenvalue weighted by atomic mass is 9.48. The van der Waals surface area contributed by atoms with E-state index in [0.717, 1.165) is 34.2 Å². The van der Waals surface area contributed by atoms with Gasteiger partial charge in [0.25, 0.3) is 5.91 Å². The van der Waals surface area contributed by atoms with E-state index in [9.17, 15) is 14.7 Å². The first-order valence-electron chi connectivity index (χ1n) is 12.2. The van der Waals surface area contributed by atoms with Crippen molar-refractivity contribution in [3.63, 3.8) is 0 Å². The van der Waals surface area contributed by atoms with Crippen LogP contribution in [-0.4, -0.2) is 28.0 Å². The fraction of sp³-hybridized carbons (Fsp3) is 0.429. The molecule has 7 rings (SSSR count). The maximum atomic E-state index is 12.9. The number of amides is 1. The van der Waals surface area contributed by atoms with Crippen molar-refractivity contribution in [3.8, 4) is 0 Å². The van der Waals surface area contributed by atoms with Crippen LogP contribution in [0.25, 0.3) is 10.9 Å². The minimum Gasteiger partial charge on any atom is -0.480 e. The number of carboxylic acids is 1. The summed E-state index contributed by atoms with van der Waals surface area (Å²) in [6, 6.07) is 14.8. The van der Waals surface area contributed by atoms with Crippen LogP contribution in [-0.2, 0) is 16.6 Å². The molecule has 5 nitrogen and oxygen atoms in total. The fourth-order valence-corrected chi connectivity index (χ4v) is 7.40. The van der Waals surface area contributed by atoms with E-state index in [1.165, 1.54) is 44.1 Å². The summed E-state index contributed by atoms with van der Waals surface area (Å²) in [5.74, 6) is 1.26. The number of aromatic amines is 1. The van der Waals surface area contributed by atoms with Gasteiger partial charge in [-0.3, -0.25) is 4.79 Å². The normalized spacial score (nSPS) is 28.7. The van der Waals surface area contributed by atoms with Crippen molar-refractivity contribution in [2.45, 2.75) is 56.4 Å². The zero-order valence-electron chi connectivity index (χ0n) is 18.7. The van der Waals surface area contributed by atoms with E-state index in [2.05, 4.69) is 22.4 Å². The minimum atomic E-state index is -1.03. The van der Waals surface area contributed by atoms with Gasteiger partial charge in [0, 0.05) is 29.1 Å². The Morgan fingerprint density at radius 3 is 2.24 bits per heavy atom. The van der Waals surface area contributed by atoms with Crippen LogP contribution in [0.4, 0.5) is 0 Å². The zero-order chi connectivity index (χ0) is 22.6. The molecule has 1 aromatic heterocycles. The van der Waals surface area contributed by atoms with Crippen molar-refractivity contribution in [2.24, 2.45) is 17.8 Å². The molecule has 3 aromatic rings. The average molecular weight is 443 g/mol. The number of para-hydroxylation sites is 1. The van der Waals surface area contributed by atoms with Crippen LogP contribution in [0.2, 0.25) is 0 Å². The zero-order valence-corrected chi connectivity index (χ0v) is 18.7. The number of carboxylic acid groups (broad SMARTS) is 1. The van der Waals surface area contributed by atoms with Gasteiger partial charge in [-0.05, 0) is 91.0 Å². The van der Waals surface area contributed by atoms with Crippen molar-refractivity contribution in [2.75, 3.05) is 0 Å². The smallest absolute Gasteiger partial charge is 0.326 e. The molecule has 4 aliphatic carbocycles. The Hall–Kier alpha value is -3.08. The molecular formula is C28H30N2O3. The molecule has 0 aliphatic heterocycles. The van der Waals surface area contributed by atoms with E-state index in [0.29, 0.717) is 11.0 Å². The van der Waals surface area contributed by atoms with Crippen LogP contribution in [0.3, 0.4) is 0 Å². The van der Waals surface area contributed by atoms with E-state index in [-0.39, 0.29) is 12.3 Å². The van der Waals surface area contributed by atoms with Gasteiger partial charge in [-0.25, -0.2) is 4.79 Å². The molecule has 0 radical (unpaired) electrons. The van der Waals surface area contributed by atoms with Crippen molar-refractivity contribution in [3.05, 3.63) is 71.4 Å². The molecule has 1 heterocycles. The molecule has 1 atom stereocenters. The number of carbonyl (C=O) groups excluding carboxylic acids is 1. The Kier molecular flexibility index (Phi) is 4.82. The average Bonchev–Trinajstić information content (AvgIpc) is 3.20. The molecule has 4 fully saturated rings. The number of nitrogens with one attached hydrogen (secondary N) is 2. The number of H-pyrrole nitrogens is 1. The summed E-state index contributed by atoms with van der Waals surface area (Å²) >= 11 is 0. The number of rotatable bonds is 6. The lowest BCUT2D eigenvalue weighted by molar-refractivity contribution is -0.139. The lowest BCUT2D eigenvalue weighted by Crippen LogP contribution is -2.48. The Bertz CT molecular complexity index is 1170. The summed E-state index contributed by atoms with van der Waals surface area (Å²) in [6.07, 6.45) is 10.2. The quantitative estimate of drug-likeness (QED) is 0.499. The highest BCUT2D eigenvalue weighted by molar-refractivity contribution is 5.97. The fourth-order valence-electron chi connectivity index (χ4n) is 7.40. The molecule has 5 heteroatoms. The van der Waals surface area contributed by atoms with Gasteiger partial charge in [-0.1, -0.05) is 30.3 Å². The van der Waals surface area contributed by atoms with E-state index >= 15 is 0 Å². The summed E-state index contributed by atoms with van der Waals surface area (Å²) in [5, 5.41) is 13.5. The number of aliphatic carboxylic acids is 1. The van der Waals surface area contributed by atoms with Crippen LogP contribution >= 0.6 is 0 Å². The van der Waals surface area contributed by atoms with Crippen LogP contribution in [0.5, 0.6) is 0 Å². The van der Waals surface area contributed by atoms with Crippen molar-refractivity contribution in [1.29, 1.82) is 0 Å². The molecule has 2 aromatic carbocycles. The lowest BCUT2D eigenvalue weighted by Gasteiger charge is -2.57. The standard InChI is InChI=1S/C28H30N2O3/c31-26(30-25(27(32)33)12-21-16-29-24-4-2-1-3-23(21)24)20-5-7-22(8-6-20)28-13-17-9-18(14-28)11-19(10-17)15-28/h1-8,16-19,25,29H,9-15H2,(H,30,31)(H,32,33)/t17?,18?,19?,25-,28?/m1/s1. The molecule has 170 valence electrons. The third-order valence-corrected chi connectivity index (χ3v) is 8.50. The predicted molar refractivity (Wildman–Crippen MR) is 127 cm³/mol. The monoisotopic (exact) mass is 442 g/mol. The summed E-state index contributed by atoms with van der Waals surface area (Å²) in [6.45, 7) is 0. The van der Waals surface area contributed by atoms with Crippen molar-refractivity contribution < 1.29 is 14.7 Å². The largest absolute Gasteiger partial charge is 0.480 e. The summed E-state index contributed by atoms with van der Waals surface area (Å²) in [4.78, 5) is 28.0. The third-order valence-electron chi connectivity index (χ3n) is 8.50. The maximum absolute atomic E-state index is 12.9. The molecule has 4 bridgehead atoms. The molecule has 3 N–H and O–H groups in total. The summed E-state index contributed by atoms with van der Waals surface area (Å²) in [7, 11) is 0. The highest BCUT2D eigenvalue weighted by Gasteiger charge is 2.51. The molecule has 1 amide bonds. The molecule has 0 saturated heterocycles. The second kappa shape index (κ2) is 7.75. The first-order valence-corrected chi connectivity index (χ1v) is 12.2. The van der Waals surface area contributed by atoms with Crippen LogP contribution in [0.15, 0.2) is 54.7 Å². The van der Waals surface area contributed by atoms with Gasteiger partial charge in [0.2, 0.25) is 0 Å². The SMILES string of the molecule is O=C(N[C@H](Cc1c[nH]c2ccccc12)C(=O)O)c1ccc(C23CC4CC(CC(C4)C2)C3)cc1. The topological polar surface area (TPSA) is 82.2 Å². The number of carbonyl (C=O) groups is 2. The van der Waals surface area contributed by atoms with Crippen LogP contribution < -0.4 is 5.32 Å². The summed E-state index contributed by atoms with van der Waals surface area (Å²) in [5.41, 5.74) is 4.03. The predicted octanol–water partition coefficient (Wildman–Crippen LogP) is 5.06. The number of aromatic nitrogens is 1. The summed E-state index contributed by atoms with van der Waals surface area (Å²) < 4.78 is 0. The first kappa shape index (κ1) is 20.5. The molecule has 0 unspecified atom stereocenters. The van der Waals surface area contributed by atoms with E-state index in [1.807, 2.05) is 42.6 Å². The second-order valence-corrected chi connectivity index (χ2v) is 10.7. The molecule has 4 aliphatic rings. The van der Waals surface area contributed by atoms with Crippen LogP contribution in [0.1, 0.15) is 60.0 Å². The molecular weight excluding hydrogens is 412 g/mol. The molecule has 4 saturated carbocycles. The van der Waals surface area contributed by atoms with Crippen molar-refractivity contribution in [1.82, 2.24) is 10.3 Å². The Balaban J connectivity index is 1.18. The highest BCUT2D eigenvalue weighted by atomic mass is 16.4. The third kappa shape index (κ3) is 3.64. The van der Waals surface area contributed by atoms with Gasteiger partial charge >= 0.3 is 5.97 Å². The van der Waals surface area contributed by atoms with Crippen molar-refractivity contribution >= 4 is 22.8 Å². The van der Waals surface area contributed by atoms with Gasteiger partial charge in [0.05, 0.1) is 0 Å². The van der Waals surface area contributed by atoms with Gasteiger partial charge < -0.3 is 15.4 Å². The Morgan fingerprint density at radius 2 is 1.61 bits per heavy atom. The molecule has 33 heavy (non-hydrogen) atoms. The first-order chi connectivity index (χ1) is 16.0. The maximum Gasteiger partial charge on any atom is 0.326 e. The van der Waals surface area contributed by atoms with E-state index in [1.54, 1.807) is 0 Å². The second-order valence-electron chi connectivity index (χ2n) is 10.7. The molecule has 0 spiro atoms. The van der Waals surface area contributed by atoms with Gasteiger partial charge in [-0.15, -0.1) is 0 Å². The van der Waals surface area contributed by atoms with Gasteiger partial charge in [-0.2, -0.15) is 0 Å². The van der Waals surface area contributed by atoms with E-state index in [4.69, 9.17) is 0 Å². The number of fused-ring (bicyclic) bond motifs is 1.